The van der Waals surface area contributed by atoms with Crippen molar-refractivity contribution in [2.75, 3.05) is 13.4 Å². The normalized spacial score (nSPS) is 14.6. The van der Waals surface area contributed by atoms with Crippen molar-refractivity contribution in [3.8, 4) is 5.75 Å². The first kappa shape index (κ1) is 9.49. The van der Waals surface area contributed by atoms with Crippen molar-refractivity contribution in [1.29, 1.82) is 0 Å². The van der Waals surface area contributed by atoms with E-state index in [4.69, 9.17) is 14.6 Å². The standard InChI is InChI=1S/C11H14O3/c12-5-1-2-9-3-4-10-7-13-8-14-11(10)6-9/h3-4,6,12H,1-2,5,7-8H2. The summed E-state index contributed by atoms with van der Waals surface area (Å²) in [6, 6.07) is 6.13. The molecule has 2 rings (SSSR count). The zero-order valence-corrected chi connectivity index (χ0v) is 8.03. The van der Waals surface area contributed by atoms with E-state index in [1.165, 1.54) is 5.56 Å². The average molecular weight is 194 g/mol. The summed E-state index contributed by atoms with van der Waals surface area (Å²) < 4.78 is 10.5. The molecule has 1 heterocycles. The van der Waals surface area contributed by atoms with Crippen LogP contribution in [0.15, 0.2) is 18.2 Å². The van der Waals surface area contributed by atoms with E-state index in [0.29, 0.717) is 13.4 Å². The van der Waals surface area contributed by atoms with Gasteiger partial charge < -0.3 is 14.6 Å². The molecule has 0 aromatic heterocycles. The number of hydrogen-bond acceptors (Lipinski definition) is 3. The molecule has 0 atom stereocenters. The maximum atomic E-state index is 8.71. The van der Waals surface area contributed by atoms with Crippen LogP contribution in [0.25, 0.3) is 0 Å². The predicted octanol–water partition coefficient (Wildman–Crippen LogP) is 1.48. The lowest BCUT2D eigenvalue weighted by Crippen LogP contribution is -2.11. The molecule has 14 heavy (non-hydrogen) atoms. The van der Waals surface area contributed by atoms with Crippen LogP contribution in [0.1, 0.15) is 17.5 Å². The van der Waals surface area contributed by atoms with Crippen LogP contribution in [0, 0.1) is 0 Å². The highest BCUT2D eigenvalue weighted by molar-refractivity contribution is 5.37. The van der Waals surface area contributed by atoms with E-state index in [2.05, 4.69) is 6.07 Å². The molecule has 0 fully saturated rings. The summed E-state index contributed by atoms with van der Waals surface area (Å²) in [7, 11) is 0. The van der Waals surface area contributed by atoms with Gasteiger partial charge in [0.05, 0.1) is 6.61 Å². The molecule has 1 aromatic rings. The molecule has 1 aliphatic rings. The molecule has 0 aliphatic carbocycles. The van der Waals surface area contributed by atoms with Gasteiger partial charge >= 0.3 is 0 Å². The van der Waals surface area contributed by atoms with Gasteiger partial charge in [0, 0.05) is 12.2 Å². The number of benzene rings is 1. The lowest BCUT2D eigenvalue weighted by Gasteiger charge is -2.18. The smallest absolute Gasteiger partial charge is 0.189 e. The van der Waals surface area contributed by atoms with Crippen molar-refractivity contribution in [2.45, 2.75) is 19.4 Å². The molecule has 3 nitrogen and oxygen atoms in total. The van der Waals surface area contributed by atoms with E-state index in [9.17, 15) is 0 Å². The minimum absolute atomic E-state index is 0.237. The Morgan fingerprint density at radius 2 is 2.29 bits per heavy atom. The molecule has 0 radical (unpaired) electrons. The van der Waals surface area contributed by atoms with Crippen LogP contribution in [0.3, 0.4) is 0 Å². The van der Waals surface area contributed by atoms with Gasteiger partial charge in [0.1, 0.15) is 5.75 Å². The molecule has 1 aromatic carbocycles. The Morgan fingerprint density at radius 1 is 1.36 bits per heavy atom. The molecule has 0 spiro atoms. The van der Waals surface area contributed by atoms with Gasteiger partial charge in [-0.25, -0.2) is 0 Å². The number of fused-ring (bicyclic) bond motifs is 1. The second-order valence-electron chi connectivity index (χ2n) is 3.38. The number of aliphatic hydroxyl groups excluding tert-OH is 1. The minimum atomic E-state index is 0.237. The van der Waals surface area contributed by atoms with E-state index >= 15 is 0 Å². The molecule has 0 amide bonds. The van der Waals surface area contributed by atoms with Crippen molar-refractivity contribution in [3.63, 3.8) is 0 Å². The third-order valence-corrected chi connectivity index (χ3v) is 2.31. The van der Waals surface area contributed by atoms with Crippen LogP contribution in [0.4, 0.5) is 0 Å². The first-order valence-electron chi connectivity index (χ1n) is 4.83. The van der Waals surface area contributed by atoms with E-state index < -0.39 is 0 Å². The zero-order valence-electron chi connectivity index (χ0n) is 8.03. The lowest BCUT2D eigenvalue weighted by atomic mass is 10.1. The largest absolute Gasteiger partial charge is 0.467 e. The topological polar surface area (TPSA) is 38.7 Å². The fourth-order valence-electron chi connectivity index (χ4n) is 1.55. The quantitative estimate of drug-likeness (QED) is 0.792. The second-order valence-corrected chi connectivity index (χ2v) is 3.38. The highest BCUT2D eigenvalue weighted by Gasteiger charge is 2.10. The molecule has 0 unspecified atom stereocenters. The summed E-state index contributed by atoms with van der Waals surface area (Å²) >= 11 is 0. The number of ether oxygens (including phenoxy) is 2. The minimum Gasteiger partial charge on any atom is -0.467 e. The maximum absolute atomic E-state index is 8.71. The Hall–Kier alpha value is -1.06. The van der Waals surface area contributed by atoms with Gasteiger partial charge in [-0.2, -0.15) is 0 Å². The zero-order chi connectivity index (χ0) is 9.80. The van der Waals surface area contributed by atoms with Gasteiger partial charge in [0.2, 0.25) is 0 Å². The molecule has 0 saturated carbocycles. The Bertz CT molecular complexity index is 309. The number of rotatable bonds is 3. The van der Waals surface area contributed by atoms with E-state index in [0.717, 1.165) is 24.2 Å². The number of aliphatic hydroxyl groups is 1. The highest BCUT2D eigenvalue weighted by Crippen LogP contribution is 2.25. The van der Waals surface area contributed by atoms with Crippen LogP contribution < -0.4 is 4.74 Å². The molecule has 1 N–H and O–H groups in total. The van der Waals surface area contributed by atoms with Gasteiger partial charge in [-0.1, -0.05) is 12.1 Å². The Balaban J connectivity index is 2.12. The van der Waals surface area contributed by atoms with E-state index in [-0.39, 0.29) is 6.61 Å². The number of hydrogen-bond donors (Lipinski definition) is 1. The predicted molar refractivity (Wildman–Crippen MR) is 52.1 cm³/mol. The molecule has 0 saturated heterocycles. The van der Waals surface area contributed by atoms with Gasteiger partial charge in [-0.3, -0.25) is 0 Å². The van der Waals surface area contributed by atoms with Crippen molar-refractivity contribution in [3.05, 3.63) is 29.3 Å². The third kappa shape index (κ3) is 2.05. The van der Waals surface area contributed by atoms with Crippen molar-refractivity contribution in [2.24, 2.45) is 0 Å². The Kier molecular flexibility index (Phi) is 3.01. The Morgan fingerprint density at radius 3 is 3.14 bits per heavy atom. The summed E-state index contributed by atoms with van der Waals surface area (Å²) in [6.45, 7) is 1.22. The Labute approximate surface area is 83.3 Å². The van der Waals surface area contributed by atoms with Crippen LogP contribution in [-0.2, 0) is 17.8 Å². The van der Waals surface area contributed by atoms with E-state index in [1.54, 1.807) is 0 Å². The molecule has 0 bridgehead atoms. The van der Waals surface area contributed by atoms with Crippen LogP contribution in [0.2, 0.25) is 0 Å². The second kappa shape index (κ2) is 4.44. The average Bonchev–Trinajstić information content (AvgIpc) is 2.26. The summed E-state index contributed by atoms with van der Waals surface area (Å²) in [5.41, 5.74) is 2.31. The van der Waals surface area contributed by atoms with Gasteiger partial charge in [0.25, 0.3) is 0 Å². The highest BCUT2D eigenvalue weighted by atomic mass is 16.7. The molecular weight excluding hydrogens is 180 g/mol. The first-order chi connectivity index (χ1) is 6.90. The molecule has 1 aliphatic heterocycles. The molecular formula is C11H14O3. The first-order valence-corrected chi connectivity index (χ1v) is 4.83. The molecule has 76 valence electrons. The van der Waals surface area contributed by atoms with Crippen LogP contribution in [0.5, 0.6) is 5.75 Å². The van der Waals surface area contributed by atoms with Gasteiger partial charge in [0.15, 0.2) is 6.79 Å². The monoisotopic (exact) mass is 194 g/mol. The lowest BCUT2D eigenvalue weighted by molar-refractivity contribution is -0.0164. The SMILES string of the molecule is OCCCc1ccc2c(c1)OCOC2. The van der Waals surface area contributed by atoms with Crippen molar-refractivity contribution in [1.82, 2.24) is 0 Å². The fourth-order valence-corrected chi connectivity index (χ4v) is 1.55. The number of aryl methyl sites for hydroxylation is 1. The summed E-state index contributed by atoms with van der Waals surface area (Å²) in [5.74, 6) is 0.923. The fraction of sp³-hybridized carbons (Fsp3) is 0.455. The van der Waals surface area contributed by atoms with Crippen LogP contribution in [-0.4, -0.2) is 18.5 Å². The van der Waals surface area contributed by atoms with Crippen LogP contribution >= 0.6 is 0 Å². The maximum Gasteiger partial charge on any atom is 0.189 e. The van der Waals surface area contributed by atoms with E-state index in [1.807, 2.05) is 12.1 Å². The summed E-state index contributed by atoms with van der Waals surface area (Å²) in [5, 5.41) is 8.71. The summed E-state index contributed by atoms with van der Waals surface area (Å²) in [4.78, 5) is 0. The van der Waals surface area contributed by atoms with Gasteiger partial charge in [-0.05, 0) is 24.5 Å². The van der Waals surface area contributed by atoms with Crippen molar-refractivity contribution >= 4 is 0 Å². The third-order valence-electron chi connectivity index (χ3n) is 2.31. The van der Waals surface area contributed by atoms with Crippen molar-refractivity contribution < 1.29 is 14.6 Å². The summed E-state index contributed by atoms with van der Waals surface area (Å²) in [6.07, 6.45) is 1.70. The van der Waals surface area contributed by atoms with Gasteiger partial charge in [-0.15, -0.1) is 0 Å². The molecule has 3 heteroatoms.